The summed E-state index contributed by atoms with van der Waals surface area (Å²) in [7, 11) is 1.42. The molecule has 14 heavy (non-hydrogen) atoms. The normalized spacial score (nSPS) is 15.0. The highest BCUT2D eigenvalue weighted by atomic mass is 16.5. The number of aryl methyl sites for hydroxylation is 1. The second-order valence-electron chi connectivity index (χ2n) is 3.50. The highest BCUT2D eigenvalue weighted by molar-refractivity contribution is 5.93. The smallest absolute Gasteiger partial charge is 0.339 e. The zero-order chi connectivity index (χ0) is 10.1. The predicted molar refractivity (Wildman–Crippen MR) is 52.3 cm³/mol. The van der Waals surface area contributed by atoms with Crippen molar-refractivity contribution in [2.45, 2.75) is 19.9 Å². The standard InChI is InChI=1S/C10H14N2O2/c1-6-9(10(13)14-2)7-3-4-11-5-8(7)12-6/h11-12H,3-5H2,1-2H3. The molecule has 1 aromatic heterocycles. The van der Waals surface area contributed by atoms with Gasteiger partial charge >= 0.3 is 5.97 Å². The molecule has 0 bridgehead atoms. The zero-order valence-electron chi connectivity index (χ0n) is 8.44. The molecule has 4 heteroatoms. The molecule has 2 N–H and O–H groups in total. The van der Waals surface area contributed by atoms with Gasteiger partial charge in [0.25, 0.3) is 0 Å². The van der Waals surface area contributed by atoms with Crippen molar-refractivity contribution in [2.24, 2.45) is 0 Å². The maximum absolute atomic E-state index is 11.5. The van der Waals surface area contributed by atoms with E-state index in [4.69, 9.17) is 4.74 Å². The van der Waals surface area contributed by atoms with Crippen LogP contribution in [0.15, 0.2) is 0 Å². The number of hydrogen-bond donors (Lipinski definition) is 2. The predicted octanol–water partition coefficient (Wildman–Crippen LogP) is 0.755. The van der Waals surface area contributed by atoms with Gasteiger partial charge in [-0.1, -0.05) is 0 Å². The van der Waals surface area contributed by atoms with Crippen LogP contribution >= 0.6 is 0 Å². The molecule has 0 aromatic carbocycles. The molecule has 1 aliphatic heterocycles. The van der Waals surface area contributed by atoms with E-state index in [2.05, 4.69) is 10.3 Å². The summed E-state index contributed by atoms with van der Waals surface area (Å²) >= 11 is 0. The van der Waals surface area contributed by atoms with E-state index in [0.717, 1.165) is 42.0 Å². The van der Waals surface area contributed by atoms with E-state index in [0.29, 0.717) is 0 Å². The van der Waals surface area contributed by atoms with Crippen molar-refractivity contribution in [3.05, 3.63) is 22.5 Å². The van der Waals surface area contributed by atoms with Gasteiger partial charge in [-0.25, -0.2) is 4.79 Å². The van der Waals surface area contributed by atoms with Gasteiger partial charge in [-0.3, -0.25) is 0 Å². The first kappa shape index (κ1) is 9.27. The number of carbonyl (C=O) groups is 1. The van der Waals surface area contributed by atoms with Gasteiger partial charge in [0, 0.05) is 17.9 Å². The van der Waals surface area contributed by atoms with Crippen molar-refractivity contribution in [3.63, 3.8) is 0 Å². The average Bonchev–Trinajstić information content (AvgIpc) is 2.53. The van der Waals surface area contributed by atoms with Crippen LogP contribution in [0.1, 0.15) is 27.3 Å². The maximum Gasteiger partial charge on any atom is 0.339 e. The number of nitrogens with one attached hydrogen (secondary N) is 2. The molecular weight excluding hydrogens is 180 g/mol. The summed E-state index contributed by atoms with van der Waals surface area (Å²) in [5, 5.41) is 3.26. The molecule has 0 atom stereocenters. The van der Waals surface area contributed by atoms with Crippen molar-refractivity contribution < 1.29 is 9.53 Å². The topological polar surface area (TPSA) is 54.1 Å². The van der Waals surface area contributed by atoms with Gasteiger partial charge in [-0.2, -0.15) is 0 Å². The fraction of sp³-hybridized carbons (Fsp3) is 0.500. The summed E-state index contributed by atoms with van der Waals surface area (Å²) in [5.41, 5.74) is 3.87. The van der Waals surface area contributed by atoms with Crippen molar-refractivity contribution in [1.82, 2.24) is 10.3 Å². The Balaban J connectivity index is 2.47. The van der Waals surface area contributed by atoms with Crippen LogP contribution in [0.3, 0.4) is 0 Å². The Hall–Kier alpha value is -1.29. The van der Waals surface area contributed by atoms with Crippen LogP contribution in [0.5, 0.6) is 0 Å². The van der Waals surface area contributed by atoms with Crippen LogP contribution in [0.25, 0.3) is 0 Å². The minimum Gasteiger partial charge on any atom is -0.465 e. The lowest BCUT2D eigenvalue weighted by atomic mass is 10.0. The summed E-state index contributed by atoms with van der Waals surface area (Å²) in [5.74, 6) is -0.234. The number of aromatic nitrogens is 1. The molecule has 0 spiro atoms. The zero-order valence-corrected chi connectivity index (χ0v) is 8.44. The molecule has 2 heterocycles. The van der Waals surface area contributed by atoms with Gasteiger partial charge in [0.1, 0.15) is 0 Å². The molecule has 0 saturated heterocycles. The van der Waals surface area contributed by atoms with Crippen molar-refractivity contribution in [3.8, 4) is 0 Å². The summed E-state index contributed by atoms with van der Waals surface area (Å²) in [6.07, 6.45) is 0.893. The monoisotopic (exact) mass is 194 g/mol. The van der Waals surface area contributed by atoms with Crippen LogP contribution in [0, 0.1) is 6.92 Å². The molecule has 76 valence electrons. The van der Waals surface area contributed by atoms with Crippen molar-refractivity contribution >= 4 is 5.97 Å². The molecular formula is C10H14N2O2. The van der Waals surface area contributed by atoms with Gasteiger partial charge < -0.3 is 15.0 Å². The van der Waals surface area contributed by atoms with E-state index in [1.54, 1.807) is 0 Å². The number of rotatable bonds is 1. The third-order valence-corrected chi connectivity index (χ3v) is 2.62. The Labute approximate surface area is 82.6 Å². The van der Waals surface area contributed by atoms with Crippen molar-refractivity contribution in [2.75, 3.05) is 13.7 Å². The second kappa shape index (κ2) is 3.46. The number of aromatic amines is 1. The van der Waals surface area contributed by atoms with E-state index in [1.807, 2.05) is 6.92 Å². The molecule has 0 radical (unpaired) electrons. The van der Waals surface area contributed by atoms with E-state index in [9.17, 15) is 4.79 Å². The third kappa shape index (κ3) is 1.32. The van der Waals surface area contributed by atoms with Crippen LogP contribution in [0.2, 0.25) is 0 Å². The second-order valence-corrected chi connectivity index (χ2v) is 3.50. The molecule has 2 rings (SSSR count). The Bertz CT molecular complexity index is 368. The largest absolute Gasteiger partial charge is 0.465 e. The van der Waals surface area contributed by atoms with E-state index in [-0.39, 0.29) is 5.97 Å². The quantitative estimate of drug-likeness (QED) is 0.649. The Morgan fingerprint density at radius 3 is 3.00 bits per heavy atom. The molecule has 0 saturated carbocycles. The van der Waals surface area contributed by atoms with E-state index >= 15 is 0 Å². The Kier molecular flexibility index (Phi) is 2.29. The molecule has 0 unspecified atom stereocenters. The van der Waals surface area contributed by atoms with Gasteiger partial charge in [-0.05, 0) is 25.5 Å². The number of hydrogen-bond acceptors (Lipinski definition) is 3. The Morgan fingerprint density at radius 1 is 1.50 bits per heavy atom. The van der Waals surface area contributed by atoms with Crippen LogP contribution in [0.4, 0.5) is 0 Å². The van der Waals surface area contributed by atoms with Gasteiger partial charge in [0.2, 0.25) is 0 Å². The SMILES string of the molecule is COC(=O)c1c(C)[nH]c2c1CCNC2. The maximum atomic E-state index is 11.5. The van der Waals surface area contributed by atoms with Crippen LogP contribution < -0.4 is 5.32 Å². The number of fused-ring (bicyclic) bond motifs is 1. The molecule has 0 fully saturated rings. The number of H-pyrrole nitrogens is 1. The van der Waals surface area contributed by atoms with Crippen LogP contribution in [-0.4, -0.2) is 24.6 Å². The van der Waals surface area contributed by atoms with Crippen LogP contribution in [-0.2, 0) is 17.7 Å². The minimum atomic E-state index is -0.234. The van der Waals surface area contributed by atoms with Gasteiger partial charge in [0.15, 0.2) is 0 Å². The highest BCUT2D eigenvalue weighted by Gasteiger charge is 2.22. The number of methoxy groups -OCH3 is 1. The third-order valence-electron chi connectivity index (χ3n) is 2.62. The first-order chi connectivity index (χ1) is 6.74. The fourth-order valence-electron chi connectivity index (χ4n) is 1.97. The number of esters is 1. The lowest BCUT2D eigenvalue weighted by Crippen LogP contribution is -2.24. The van der Waals surface area contributed by atoms with E-state index in [1.165, 1.54) is 7.11 Å². The molecule has 1 aromatic rings. The number of ether oxygens (including phenoxy) is 1. The first-order valence-corrected chi connectivity index (χ1v) is 4.73. The van der Waals surface area contributed by atoms with Gasteiger partial charge in [0.05, 0.1) is 12.7 Å². The first-order valence-electron chi connectivity index (χ1n) is 4.73. The summed E-state index contributed by atoms with van der Waals surface area (Å²) < 4.78 is 4.76. The average molecular weight is 194 g/mol. The molecule has 1 aliphatic rings. The highest BCUT2D eigenvalue weighted by Crippen LogP contribution is 2.22. The molecule has 4 nitrogen and oxygen atoms in total. The summed E-state index contributed by atoms with van der Waals surface area (Å²) in [6, 6.07) is 0. The lowest BCUT2D eigenvalue weighted by Gasteiger charge is -2.13. The van der Waals surface area contributed by atoms with Gasteiger partial charge in [-0.15, -0.1) is 0 Å². The minimum absolute atomic E-state index is 0.234. The fourth-order valence-corrected chi connectivity index (χ4v) is 1.97. The van der Waals surface area contributed by atoms with Crippen molar-refractivity contribution in [1.29, 1.82) is 0 Å². The summed E-state index contributed by atoms with van der Waals surface area (Å²) in [6.45, 7) is 3.64. The molecule has 0 amide bonds. The Morgan fingerprint density at radius 2 is 2.29 bits per heavy atom. The molecule has 0 aliphatic carbocycles. The van der Waals surface area contributed by atoms with E-state index < -0.39 is 0 Å². The summed E-state index contributed by atoms with van der Waals surface area (Å²) in [4.78, 5) is 14.7. The number of carbonyl (C=O) groups excluding carboxylic acids is 1. The lowest BCUT2D eigenvalue weighted by molar-refractivity contribution is 0.0599.